The van der Waals surface area contributed by atoms with Crippen molar-refractivity contribution in [3.8, 4) is 21.3 Å². The summed E-state index contributed by atoms with van der Waals surface area (Å²) in [6.07, 6.45) is 0. The fourth-order valence-corrected chi connectivity index (χ4v) is 3.35. The van der Waals surface area contributed by atoms with Crippen molar-refractivity contribution in [2.24, 2.45) is 0 Å². The van der Waals surface area contributed by atoms with Gasteiger partial charge in [-0.2, -0.15) is 0 Å². The van der Waals surface area contributed by atoms with Crippen LogP contribution in [0.4, 0.5) is 0 Å². The van der Waals surface area contributed by atoms with Crippen LogP contribution in [0, 0.1) is 0 Å². The minimum atomic E-state index is 0.215. The number of aromatic nitrogens is 1. The van der Waals surface area contributed by atoms with Gasteiger partial charge < -0.3 is 0 Å². The molecule has 0 aliphatic heterocycles. The maximum absolute atomic E-state index is 4.65. The van der Waals surface area contributed by atoms with Gasteiger partial charge in [0.15, 0.2) is 0 Å². The van der Waals surface area contributed by atoms with E-state index in [9.17, 15) is 0 Å². The van der Waals surface area contributed by atoms with Crippen LogP contribution in [0.5, 0.6) is 0 Å². The van der Waals surface area contributed by atoms with Crippen molar-refractivity contribution in [3.63, 3.8) is 0 Å². The number of hydrogen-bond acceptors (Lipinski definition) is 1. The molecule has 0 atom stereocenters. The van der Waals surface area contributed by atoms with E-state index in [1.807, 2.05) is 12.1 Å². The molecule has 0 aliphatic rings. The molecular weight excluding hydrogens is 273 g/mol. The summed E-state index contributed by atoms with van der Waals surface area (Å²) in [5.41, 5.74) is 3.62. The van der Waals surface area contributed by atoms with Crippen LogP contribution in [-0.4, -0.2) is 18.7 Å². The maximum atomic E-state index is 4.65. The van der Waals surface area contributed by atoms with Gasteiger partial charge in [-0.05, 0) is 0 Å². The Hall–Kier alpha value is -1.63. The Morgan fingerprint density at radius 1 is 0.706 bits per heavy atom. The SMILES string of the molecule is c1ccc(-c2cc(-c3ccccc3)[se]n2)cc1. The van der Waals surface area contributed by atoms with Gasteiger partial charge >= 0.3 is 107 Å². The Balaban J connectivity index is 1.99. The summed E-state index contributed by atoms with van der Waals surface area (Å²) in [6, 6.07) is 23.1. The third kappa shape index (κ3) is 2.23. The molecule has 1 nitrogen and oxygen atoms in total. The summed E-state index contributed by atoms with van der Waals surface area (Å²) in [6.45, 7) is 0. The summed E-state index contributed by atoms with van der Waals surface area (Å²) in [5, 5.41) is 0. The third-order valence-corrected chi connectivity index (χ3v) is 4.40. The number of nitrogens with zero attached hydrogens (tertiary/aromatic N) is 1. The molecule has 82 valence electrons. The molecule has 0 N–H and O–H groups in total. The zero-order valence-corrected chi connectivity index (χ0v) is 10.9. The topological polar surface area (TPSA) is 12.9 Å². The van der Waals surface area contributed by atoms with Crippen molar-refractivity contribution in [3.05, 3.63) is 66.7 Å². The zero-order valence-electron chi connectivity index (χ0n) is 9.21. The molecule has 0 saturated heterocycles. The molecule has 0 spiro atoms. The summed E-state index contributed by atoms with van der Waals surface area (Å²) < 4.78 is 6.01. The Kier molecular flexibility index (Phi) is 2.91. The summed E-state index contributed by atoms with van der Waals surface area (Å²) in [5.74, 6) is 0. The van der Waals surface area contributed by atoms with E-state index in [-0.39, 0.29) is 14.7 Å². The summed E-state index contributed by atoms with van der Waals surface area (Å²) in [4.78, 5) is 0. The Bertz CT molecular complexity index is 545. The second-order valence-electron chi connectivity index (χ2n) is 3.81. The average Bonchev–Trinajstić information content (AvgIpc) is 2.90. The van der Waals surface area contributed by atoms with Gasteiger partial charge in [0.2, 0.25) is 0 Å². The van der Waals surface area contributed by atoms with E-state index < -0.39 is 0 Å². The number of hydrogen-bond donors (Lipinski definition) is 0. The molecule has 0 bridgehead atoms. The van der Waals surface area contributed by atoms with Crippen molar-refractivity contribution in [2.75, 3.05) is 0 Å². The standard InChI is InChI=1S/C15H11NSe/c1-3-7-12(8-4-1)14-11-15(17-16-14)13-9-5-2-6-10-13/h1-11H. The van der Waals surface area contributed by atoms with Crippen molar-refractivity contribution >= 4 is 14.7 Å². The van der Waals surface area contributed by atoms with E-state index in [4.69, 9.17) is 0 Å². The number of benzene rings is 2. The van der Waals surface area contributed by atoms with Gasteiger partial charge in [-0.25, -0.2) is 0 Å². The van der Waals surface area contributed by atoms with E-state index in [1.165, 1.54) is 15.6 Å². The van der Waals surface area contributed by atoms with E-state index in [1.54, 1.807) is 0 Å². The molecule has 0 amide bonds. The normalized spacial score (nSPS) is 10.4. The van der Waals surface area contributed by atoms with E-state index in [2.05, 4.69) is 58.6 Å². The molecule has 17 heavy (non-hydrogen) atoms. The predicted molar refractivity (Wildman–Crippen MR) is 72.0 cm³/mol. The molecule has 0 fully saturated rings. The van der Waals surface area contributed by atoms with Gasteiger partial charge in [0.05, 0.1) is 0 Å². The van der Waals surface area contributed by atoms with E-state index in [0.29, 0.717) is 0 Å². The van der Waals surface area contributed by atoms with Crippen LogP contribution in [0.2, 0.25) is 0 Å². The summed E-state index contributed by atoms with van der Waals surface area (Å²) in [7, 11) is 0. The van der Waals surface area contributed by atoms with Crippen molar-refractivity contribution in [1.29, 1.82) is 0 Å². The van der Waals surface area contributed by atoms with Crippen LogP contribution < -0.4 is 0 Å². The average molecular weight is 284 g/mol. The monoisotopic (exact) mass is 285 g/mol. The van der Waals surface area contributed by atoms with Gasteiger partial charge in [-0.1, -0.05) is 0 Å². The Morgan fingerprint density at radius 2 is 1.29 bits per heavy atom. The fraction of sp³-hybridized carbons (Fsp3) is 0. The van der Waals surface area contributed by atoms with Gasteiger partial charge in [0.25, 0.3) is 0 Å². The quantitative estimate of drug-likeness (QED) is 0.657. The van der Waals surface area contributed by atoms with Gasteiger partial charge in [0.1, 0.15) is 0 Å². The van der Waals surface area contributed by atoms with E-state index in [0.717, 1.165) is 5.69 Å². The fourth-order valence-electron chi connectivity index (χ4n) is 1.76. The first-order chi connectivity index (χ1) is 8.43. The first-order valence-electron chi connectivity index (χ1n) is 5.51. The van der Waals surface area contributed by atoms with Crippen LogP contribution in [0.3, 0.4) is 0 Å². The van der Waals surface area contributed by atoms with Crippen molar-refractivity contribution < 1.29 is 0 Å². The van der Waals surface area contributed by atoms with Crippen molar-refractivity contribution in [2.45, 2.75) is 0 Å². The summed E-state index contributed by atoms with van der Waals surface area (Å²) >= 11 is 0.215. The van der Waals surface area contributed by atoms with Crippen LogP contribution in [0.25, 0.3) is 21.3 Å². The minimum absolute atomic E-state index is 0.215. The molecule has 2 heteroatoms. The Labute approximate surface area is 107 Å². The molecule has 0 saturated carbocycles. The third-order valence-electron chi connectivity index (χ3n) is 2.64. The molecule has 0 unspecified atom stereocenters. The van der Waals surface area contributed by atoms with Crippen LogP contribution >= 0.6 is 0 Å². The molecule has 1 aromatic heterocycles. The van der Waals surface area contributed by atoms with Crippen molar-refractivity contribution in [1.82, 2.24) is 3.98 Å². The first kappa shape index (κ1) is 10.5. The molecular formula is C15H11NSe. The number of rotatable bonds is 2. The van der Waals surface area contributed by atoms with Gasteiger partial charge in [0, 0.05) is 0 Å². The first-order valence-corrected chi connectivity index (χ1v) is 7.13. The molecule has 0 aliphatic carbocycles. The Morgan fingerprint density at radius 3 is 1.94 bits per heavy atom. The molecule has 3 rings (SSSR count). The van der Waals surface area contributed by atoms with Crippen LogP contribution in [0.15, 0.2) is 66.7 Å². The van der Waals surface area contributed by atoms with Crippen LogP contribution in [-0.2, 0) is 0 Å². The second kappa shape index (κ2) is 4.70. The zero-order chi connectivity index (χ0) is 11.5. The molecule has 1 heterocycles. The second-order valence-corrected chi connectivity index (χ2v) is 5.50. The van der Waals surface area contributed by atoms with Gasteiger partial charge in [-0.15, -0.1) is 0 Å². The van der Waals surface area contributed by atoms with Crippen LogP contribution in [0.1, 0.15) is 0 Å². The molecule has 3 aromatic rings. The predicted octanol–water partition coefficient (Wildman–Crippen LogP) is 3.47. The van der Waals surface area contributed by atoms with E-state index >= 15 is 0 Å². The molecule has 0 radical (unpaired) electrons. The molecule has 2 aromatic carbocycles. The van der Waals surface area contributed by atoms with Gasteiger partial charge in [-0.3, -0.25) is 0 Å².